The SMILES string of the molecule is Cc1nn(C)c(Sc2nnc(C)n2C)c1C#N. The molecule has 6 nitrogen and oxygen atoms in total. The van der Waals surface area contributed by atoms with E-state index in [1.165, 1.54) is 11.8 Å². The van der Waals surface area contributed by atoms with Crippen LogP contribution in [-0.4, -0.2) is 24.5 Å². The van der Waals surface area contributed by atoms with E-state index in [9.17, 15) is 0 Å². The maximum Gasteiger partial charge on any atom is 0.197 e. The number of rotatable bonds is 2. The summed E-state index contributed by atoms with van der Waals surface area (Å²) in [6.07, 6.45) is 0. The van der Waals surface area contributed by atoms with Crippen molar-refractivity contribution in [2.24, 2.45) is 14.1 Å². The van der Waals surface area contributed by atoms with Crippen LogP contribution in [0.25, 0.3) is 0 Å². The molecule has 0 aliphatic heterocycles. The molecule has 0 radical (unpaired) electrons. The Morgan fingerprint density at radius 1 is 1.24 bits per heavy atom. The van der Waals surface area contributed by atoms with Crippen molar-refractivity contribution < 1.29 is 0 Å². The van der Waals surface area contributed by atoms with Crippen LogP contribution in [0.4, 0.5) is 0 Å². The van der Waals surface area contributed by atoms with Crippen LogP contribution in [0.3, 0.4) is 0 Å². The topological polar surface area (TPSA) is 72.3 Å². The van der Waals surface area contributed by atoms with Crippen LogP contribution in [0, 0.1) is 25.2 Å². The molecule has 0 aliphatic rings. The van der Waals surface area contributed by atoms with Gasteiger partial charge in [-0.2, -0.15) is 10.4 Å². The summed E-state index contributed by atoms with van der Waals surface area (Å²) in [5.41, 5.74) is 1.33. The first-order valence-electron chi connectivity index (χ1n) is 5.02. The van der Waals surface area contributed by atoms with Gasteiger partial charge in [-0.05, 0) is 25.6 Å². The zero-order valence-corrected chi connectivity index (χ0v) is 10.9. The van der Waals surface area contributed by atoms with E-state index >= 15 is 0 Å². The van der Waals surface area contributed by atoms with Gasteiger partial charge in [-0.15, -0.1) is 10.2 Å². The van der Waals surface area contributed by atoms with Crippen LogP contribution in [0.2, 0.25) is 0 Å². The van der Waals surface area contributed by atoms with E-state index < -0.39 is 0 Å². The van der Waals surface area contributed by atoms with E-state index in [1.54, 1.807) is 4.68 Å². The van der Waals surface area contributed by atoms with Gasteiger partial charge in [0.25, 0.3) is 0 Å². The first-order valence-corrected chi connectivity index (χ1v) is 5.83. The minimum absolute atomic E-state index is 0.596. The molecule has 0 spiro atoms. The van der Waals surface area contributed by atoms with Gasteiger partial charge in [0.05, 0.1) is 5.69 Å². The highest BCUT2D eigenvalue weighted by molar-refractivity contribution is 7.99. The Hall–Kier alpha value is -1.81. The van der Waals surface area contributed by atoms with Gasteiger partial charge >= 0.3 is 0 Å². The average molecular weight is 248 g/mol. The molecule has 7 heteroatoms. The van der Waals surface area contributed by atoms with Crippen molar-refractivity contribution in [3.8, 4) is 6.07 Å². The van der Waals surface area contributed by atoms with Gasteiger partial charge in [0, 0.05) is 14.1 Å². The Labute approximate surface area is 103 Å². The van der Waals surface area contributed by atoms with E-state index in [0.717, 1.165) is 21.7 Å². The quantitative estimate of drug-likeness (QED) is 0.798. The van der Waals surface area contributed by atoms with Crippen LogP contribution >= 0.6 is 11.8 Å². The molecule has 0 fully saturated rings. The smallest absolute Gasteiger partial charge is 0.197 e. The summed E-state index contributed by atoms with van der Waals surface area (Å²) in [6, 6.07) is 2.17. The highest BCUT2D eigenvalue weighted by atomic mass is 32.2. The Balaban J connectivity index is 2.43. The predicted molar refractivity (Wildman–Crippen MR) is 62.5 cm³/mol. The lowest BCUT2D eigenvalue weighted by atomic mass is 10.3. The van der Waals surface area contributed by atoms with Crippen molar-refractivity contribution in [1.82, 2.24) is 24.5 Å². The molecule has 0 unspecified atom stereocenters. The maximum absolute atomic E-state index is 9.11. The molecule has 0 atom stereocenters. The zero-order valence-electron chi connectivity index (χ0n) is 10.1. The monoisotopic (exact) mass is 248 g/mol. The van der Waals surface area contributed by atoms with Crippen LogP contribution in [-0.2, 0) is 14.1 Å². The first-order chi connectivity index (χ1) is 8.04. The Morgan fingerprint density at radius 3 is 2.47 bits per heavy atom. The van der Waals surface area contributed by atoms with Crippen molar-refractivity contribution in [2.75, 3.05) is 0 Å². The molecule has 2 aromatic heterocycles. The van der Waals surface area contributed by atoms with Crippen molar-refractivity contribution in [1.29, 1.82) is 5.26 Å². The summed E-state index contributed by atoms with van der Waals surface area (Å²) in [7, 11) is 3.71. The molecule has 17 heavy (non-hydrogen) atoms. The molecule has 2 rings (SSSR count). The maximum atomic E-state index is 9.11. The van der Waals surface area contributed by atoms with E-state index in [1.807, 2.05) is 32.5 Å². The van der Waals surface area contributed by atoms with Gasteiger partial charge in [0.1, 0.15) is 22.5 Å². The van der Waals surface area contributed by atoms with Gasteiger partial charge in [0.2, 0.25) is 0 Å². The number of nitriles is 1. The molecule has 0 aromatic carbocycles. The Bertz CT molecular complexity index is 603. The largest absolute Gasteiger partial charge is 0.309 e. The Morgan fingerprint density at radius 2 is 1.94 bits per heavy atom. The summed E-state index contributed by atoms with van der Waals surface area (Å²) in [6.45, 7) is 3.71. The molecule has 0 amide bonds. The summed E-state index contributed by atoms with van der Waals surface area (Å²) in [5, 5.41) is 22.9. The van der Waals surface area contributed by atoms with Crippen molar-refractivity contribution in [3.05, 3.63) is 17.1 Å². The lowest BCUT2D eigenvalue weighted by molar-refractivity contribution is 0.687. The Kier molecular flexibility index (Phi) is 2.90. The van der Waals surface area contributed by atoms with E-state index in [0.29, 0.717) is 5.56 Å². The second-order valence-corrected chi connectivity index (χ2v) is 4.65. The third-order valence-corrected chi connectivity index (χ3v) is 3.72. The van der Waals surface area contributed by atoms with Crippen LogP contribution in [0.1, 0.15) is 17.1 Å². The van der Waals surface area contributed by atoms with Gasteiger partial charge in [-0.1, -0.05) is 0 Å². The third-order valence-electron chi connectivity index (χ3n) is 2.52. The fourth-order valence-electron chi connectivity index (χ4n) is 1.45. The minimum atomic E-state index is 0.596. The molecule has 2 heterocycles. The normalized spacial score (nSPS) is 10.5. The van der Waals surface area contributed by atoms with Gasteiger partial charge in [-0.25, -0.2) is 0 Å². The predicted octanol–water partition coefficient (Wildman–Crippen LogP) is 1.19. The number of aromatic nitrogens is 5. The first kappa shape index (κ1) is 11.7. The highest BCUT2D eigenvalue weighted by Gasteiger charge is 2.17. The standard InChI is InChI=1S/C10H12N6S/c1-6-8(5-11)9(16(4)14-6)17-10-13-12-7(2)15(10)3/h1-4H3. The van der Waals surface area contributed by atoms with Crippen LogP contribution in [0.15, 0.2) is 10.2 Å². The van der Waals surface area contributed by atoms with E-state index in [-0.39, 0.29) is 0 Å². The average Bonchev–Trinajstić information content (AvgIpc) is 2.73. The van der Waals surface area contributed by atoms with E-state index in [2.05, 4.69) is 21.4 Å². The van der Waals surface area contributed by atoms with Crippen molar-refractivity contribution in [3.63, 3.8) is 0 Å². The lowest BCUT2D eigenvalue weighted by Crippen LogP contribution is -1.97. The lowest BCUT2D eigenvalue weighted by Gasteiger charge is -2.02. The highest BCUT2D eigenvalue weighted by Crippen LogP contribution is 2.29. The molecule has 0 saturated carbocycles. The number of hydrogen-bond donors (Lipinski definition) is 0. The number of nitrogens with zero attached hydrogens (tertiary/aromatic N) is 6. The fourth-order valence-corrected chi connectivity index (χ4v) is 2.44. The molecular formula is C10H12N6S. The number of aryl methyl sites for hydroxylation is 3. The second kappa shape index (κ2) is 4.22. The van der Waals surface area contributed by atoms with Crippen LogP contribution < -0.4 is 0 Å². The van der Waals surface area contributed by atoms with Gasteiger partial charge in [0.15, 0.2) is 5.16 Å². The van der Waals surface area contributed by atoms with Gasteiger partial charge < -0.3 is 4.57 Å². The zero-order chi connectivity index (χ0) is 12.6. The fraction of sp³-hybridized carbons (Fsp3) is 0.400. The molecule has 2 aromatic rings. The molecular weight excluding hydrogens is 236 g/mol. The van der Waals surface area contributed by atoms with Crippen molar-refractivity contribution >= 4 is 11.8 Å². The van der Waals surface area contributed by atoms with E-state index in [4.69, 9.17) is 5.26 Å². The minimum Gasteiger partial charge on any atom is -0.309 e. The second-order valence-electron chi connectivity index (χ2n) is 3.69. The molecule has 88 valence electrons. The molecule has 0 aliphatic carbocycles. The summed E-state index contributed by atoms with van der Waals surface area (Å²) in [4.78, 5) is 0. The summed E-state index contributed by atoms with van der Waals surface area (Å²) < 4.78 is 3.58. The third kappa shape index (κ3) is 1.91. The molecule has 0 N–H and O–H groups in total. The summed E-state index contributed by atoms with van der Waals surface area (Å²) >= 11 is 1.40. The van der Waals surface area contributed by atoms with Crippen LogP contribution in [0.5, 0.6) is 0 Å². The summed E-state index contributed by atoms with van der Waals surface area (Å²) in [5.74, 6) is 0.838. The number of hydrogen-bond acceptors (Lipinski definition) is 5. The van der Waals surface area contributed by atoms with Gasteiger partial charge in [-0.3, -0.25) is 4.68 Å². The molecule has 0 bridgehead atoms. The van der Waals surface area contributed by atoms with Crippen molar-refractivity contribution in [2.45, 2.75) is 24.0 Å². The molecule has 0 saturated heterocycles.